The molecule has 52 heavy (non-hydrogen) atoms. The van der Waals surface area contributed by atoms with Crippen molar-refractivity contribution in [3.8, 4) is 34.5 Å². The molecule has 0 saturated heterocycles. The van der Waals surface area contributed by atoms with Crippen molar-refractivity contribution in [1.29, 1.82) is 0 Å². The number of hydrogen-bond acceptors (Lipinski definition) is 6. The Labute approximate surface area is 318 Å². The molecule has 0 aliphatic heterocycles. The maximum Gasteiger partial charge on any atom is 0.530 e. The predicted octanol–water partition coefficient (Wildman–Crippen LogP) is 13.3. The molecule has 0 atom stereocenters. The van der Waals surface area contributed by atoms with E-state index in [-0.39, 0.29) is 32.5 Å². The van der Waals surface area contributed by atoms with Crippen molar-refractivity contribution in [3.63, 3.8) is 0 Å². The summed E-state index contributed by atoms with van der Waals surface area (Å²) in [7, 11) is 3.18. The third kappa shape index (κ3) is 10.1. The molecule has 0 amide bonds. The first-order valence-electron chi connectivity index (χ1n) is 18.5. The Balaban J connectivity index is 2.38. The van der Waals surface area contributed by atoms with Crippen molar-refractivity contribution >= 4 is 8.60 Å². The lowest BCUT2D eigenvalue weighted by molar-refractivity contribution is 0.363. The predicted molar refractivity (Wildman–Crippen MR) is 220 cm³/mol. The largest absolute Gasteiger partial charge is 0.530 e. The fourth-order valence-corrected chi connectivity index (χ4v) is 7.23. The van der Waals surface area contributed by atoms with Gasteiger partial charge in [-0.05, 0) is 68.9 Å². The Kier molecular flexibility index (Phi) is 12.5. The summed E-state index contributed by atoms with van der Waals surface area (Å²) in [6, 6.07) is 12.4. The highest BCUT2D eigenvalue weighted by Gasteiger charge is 2.34. The Morgan fingerprint density at radius 1 is 0.308 bits per heavy atom. The van der Waals surface area contributed by atoms with Gasteiger partial charge in [-0.3, -0.25) is 0 Å². The first-order chi connectivity index (χ1) is 23.4. The molecule has 3 aromatic rings. The normalized spacial score (nSPS) is 13.3. The van der Waals surface area contributed by atoms with Crippen LogP contribution in [0.15, 0.2) is 36.4 Å². The molecule has 0 aliphatic carbocycles. The number of ether oxygens (including phenoxy) is 3. The third-order valence-electron chi connectivity index (χ3n) is 9.19. The second-order valence-corrected chi connectivity index (χ2v) is 21.1. The first kappa shape index (κ1) is 43.3. The average molecular weight is 737 g/mol. The quantitative estimate of drug-likeness (QED) is 0.204. The van der Waals surface area contributed by atoms with E-state index in [1.165, 1.54) is 0 Å². The highest BCUT2D eigenvalue weighted by molar-refractivity contribution is 7.43. The molecule has 0 bridgehead atoms. The summed E-state index contributed by atoms with van der Waals surface area (Å²) in [5, 5.41) is 0. The summed E-state index contributed by atoms with van der Waals surface area (Å²) in [4.78, 5) is 0. The number of hydrogen-bond donors (Lipinski definition) is 0. The van der Waals surface area contributed by atoms with Crippen LogP contribution in [-0.4, -0.2) is 21.3 Å². The molecule has 3 rings (SSSR count). The van der Waals surface area contributed by atoms with Crippen molar-refractivity contribution in [2.24, 2.45) is 0 Å². The Hall–Kier alpha value is -3.11. The molecule has 0 spiro atoms. The molecule has 290 valence electrons. The molecule has 0 unspecified atom stereocenters. The van der Waals surface area contributed by atoms with Gasteiger partial charge in [0.25, 0.3) is 0 Å². The Bertz CT molecular complexity index is 1410. The number of methoxy groups -OCH3 is 3. The summed E-state index contributed by atoms with van der Waals surface area (Å²) in [6.45, 7) is 39.4. The van der Waals surface area contributed by atoms with Gasteiger partial charge in [0.1, 0.15) is 34.5 Å². The van der Waals surface area contributed by atoms with E-state index >= 15 is 0 Å². The van der Waals surface area contributed by atoms with Gasteiger partial charge in [0.2, 0.25) is 0 Å². The monoisotopic (exact) mass is 736 g/mol. The Morgan fingerprint density at radius 2 is 0.462 bits per heavy atom. The van der Waals surface area contributed by atoms with Crippen molar-refractivity contribution in [1.82, 2.24) is 0 Å². The van der Waals surface area contributed by atoms with E-state index in [0.717, 1.165) is 50.6 Å². The summed E-state index contributed by atoms with van der Waals surface area (Å²) in [6.07, 6.45) is 0. The smallest absolute Gasteiger partial charge is 0.496 e. The summed E-state index contributed by atoms with van der Waals surface area (Å²) >= 11 is 0. The standard InChI is InChI=1S/C45H69O6P/c1-40(2,3)31-22-28(23-32(37(31)46-19)41(4,5)6)49-52(50-29-24-33(42(7,8)9)38(47-20)34(25-29)43(10,11)12)51-30-26-35(44(13,14)15)39(48-21)36(27-30)45(16,17)18/h22-27H,1-21H3. The van der Waals surface area contributed by atoms with E-state index in [4.69, 9.17) is 27.8 Å². The molecule has 0 saturated carbocycles. The van der Waals surface area contributed by atoms with Crippen LogP contribution in [0.25, 0.3) is 0 Å². The van der Waals surface area contributed by atoms with Gasteiger partial charge in [0.15, 0.2) is 0 Å². The summed E-state index contributed by atoms with van der Waals surface area (Å²) < 4.78 is 38.9. The van der Waals surface area contributed by atoms with E-state index in [2.05, 4.69) is 161 Å². The lowest BCUT2D eigenvalue weighted by Gasteiger charge is -2.31. The molecular weight excluding hydrogens is 667 g/mol. The van der Waals surface area contributed by atoms with Gasteiger partial charge in [0, 0.05) is 33.4 Å². The van der Waals surface area contributed by atoms with Crippen LogP contribution in [0, 0.1) is 0 Å². The average Bonchev–Trinajstić information content (AvgIpc) is 2.97. The van der Waals surface area contributed by atoms with E-state index in [1.807, 2.05) is 0 Å². The zero-order valence-corrected chi connectivity index (χ0v) is 37.3. The van der Waals surface area contributed by atoms with Gasteiger partial charge >= 0.3 is 8.60 Å². The molecule has 7 heteroatoms. The molecule has 3 aromatic carbocycles. The molecule has 0 N–H and O–H groups in total. The van der Waals surface area contributed by atoms with E-state index in [9.17, 15) is 0 Å². The van der Waals surface area contributed by atoms with Crippen LogP contribution in [0.5, 0.6) is 34.5 Å². The summed E-state index contributed by atoms with van der Waals surface area (Å²) in [5.41, 5.74) is 5.02. The molecular formula is C45H69O6P. The fourth-order valence-electron chi connectivity index (χ4n) is 6.28. The van der Waals surface area contributed by atoms with E-state index in [1.54, 1.807) is 21.3 Å². The molecule has 0 aliphatic rings. The van der Waals surface area contributed by atoms with Gasteiger partial charge in [0.05, 0.1) is 21.3 Å². The van der Waals surface area contributed by atoms with E-state index in [0.29, 0.717) is 17.2 Å². The zero-order valence-electron chi connectivity index (χ0n) is 36.4. The minimum atomic E-state index is -2.04. The van der Waals surface area contributed by atoms with Crippen LogP contribution >= 0.6 is 8.60 Å². The SMILES string of the molecule is COc1c(C(C)(C)C)cc(OP(Oc2cc(C(C)(C)C)c(OC)c(C(C)(C)C)c2)Oc2cc(C(C)(C)C)c(OC)c(C(C)(C)C)c2)cc1C(C)(C)C. The van der Waals surface area contributed by atoms with Crippen LogP contribution in [-0.2, 0) is 32.5 Å². The van der Waals surface area contributed by atoms with Crippen molar-refractivity contribution in [2.75, 3.05) is 21.3 Å². The second-order valence-electron chi connectivity index (χ2n) is 20.2. The molecule has 0 heterocycles. The zero-order chi connectivity index (χ0) is 40.0. The minimum Gasteiger partial charge on any atom is -0.496 e. The minimum absolute atomic E-state index is 0.215. The summed E-state index contributed by atoms with van der Waals surface area (Å²) in [5.74, 6) is 4.59. The van der Waals surface area contributed by atoms with E-state index < -0.39 is 8.60 Å². The highest BCUT2D eigenvalue weighted by atomic mass is 31.2. The van der Waals surface area contributed by atoms with Crippen LogP contribution < -0.4 is 27.8 Å². The van der Waals surface area contributed by atoms with Crippen molar-refractivity contribution in [3.05, 3.63) is 69.8 Å². The first-order valence-corrected chi connectivity index (χ1v) is 19.6. The molecule has 6 nitrogen and oxygen atoms in total. The van der Waals surface area contributed by atoms with Crippen LogP contribution in [0.4, 0.5) is 0 Å². The maximum absolute atomic E-state index is 6.91. The van der Waals surface area contributed by atoms with Gasteiger partial charge in [-0.1, -0.05) is 125 Å². The molecule has 0 fully saturated rings. The van der Waals surface area contributed by atoms with Crippen LogP contribution in [0.1, 0.15) is 158 Å². The lowest BCUT2D eigenvalue weighted by Crippen LogP contribution is -2.20. The van der Waals surface area contributed by atoms with Gasteiger partial charge < -0.3 is 27.8 Å². The van der Waals surface area contributed by atoms with Crippen LogP contribution in [0.2, 0.25) is 0 Å². The van der Waals surface area contributed by atoms with Gasteiger partial charge in [-0.2, -0.15) is 0 Å². The highest BCUT2D eigenvalue weighted by Crippen LogP contribution is 2.51. The lowest BCUT2D eigenvalue weighted by atomic mass is 9.79. The second kappa shape index (κ2) is 15.0. The topological polar surface area (TPSA) is 55.4 Å². The number of benzene rings is 3. The van der Waals surface area contributed by atoms with Gasteiger partial charge in [-0.15, -0.1) is 0 Å². The molecule has 0 radical (unpaired) electrons. The molecule has 0 aromatic heterocycles. The van der Waals surface area contributed by atoms with Crippen LogP contribution in [0.3, 0.4) is 0 Å². The number of rotatable bonds is 9. The van der Waals surface area contributed by atoms with Crippen molar-refractivity contribution in [2.45, 2.75) is 157 Å². The van der Waals surface area contributed by atoms with Crippen molar-refractivity contribution < 1.29 is 27.8 Å². The third-order valence-corrected chi connectivity index (χ3v) is 10.3. The Morgan fingerprint density at radius 3 is 0.577 bits per heavy atom. The fraction of sp³-hybridized carbons (Fsp3) is 0.600. The maximum atomic E-state index is 6.91. The van der Waals surface area contributed by atoms with Gasteiger partial charge in [-0.25, -0.2) is 0 Å².